The van der Waals surface area contributed by atoms with E-state index in [1.165, 1.54) is 25.0 Å². The van der Waals surface area contributed by atoms with Crippen LogP contribution in [0.25, 0.3) is 16.7 Å². The summed E-state index contributed by atoms with van der Waals surface area (Å²) in [6, 6.07) is 12.4. The standard InChI is InChI=1S/C21H15ClFN5/c1-27(16-4-2-3-14(11-16)8-7-13-5-6-13)19-17-12-15(23)9-10-18(17)28-20(22)25-26-21(28)24-19/h2-4,9-13H,5-6H2,1H3. The number of nitrogens with zero attached hydrogens (tertiary/aromatic N) is 5. The second-order valence-electron chi connectivity index (χ2n) is 6.85. The molecule has 0 unspecified atom stereocenters. The van der Waals surface area contributed by atoms with Gasteiger partial charge in [0.05, 0.1) is 5.52 Å². The number of aromatic nitrogens is 4. The van der Waals surface area contributed by atoms with Crippen molar-refractivity contribution in [2.24, 2.45) is 5.92 Å². The molecule has 28 heavy (non-hydrogen) atoms. The predicted octanol–water partition coefficient (Wildman–Crippen LogP) is 4.60. The zero-order chi connectivity index (χ0) is 19.3. The Morgan fingerprint density at radius 1 is 1.18 bits per heavy atom. The average Bonchev–Trinajstić information content (AvgIpc) is 3.47. The molecule has 0 spiro atoms. The highest BCUT2D eigenvalue weighted by Crippen LogP contribution is 2.32. The molecule has 5 nitrogen and oxygen atoms in total. The normalized spacial score (nSPS) is 13.5. The number of halogens is 2. The quantitative estimate of drug-likeness (QED) is 0.468. The number of fused-ring (bicyclic) bond motifs is 3. The van der Waals surface area contributed by atoms with Crippen molar-refractivity contribution in [3.63, 3.8) is 0 Å². The third-order valence-electron chi connectivity index (χ3n) is 4.80. The third-order valence-corrected chi connectivity index (χ3v) is 5.05. The van der Waals surface area contributed by atoms with Gasteiger partial charge in [-0.1, -0.05) is 17.9 Å². The van der Waals surface area contributed by atoms with Crippen molar-refractivity contribution >= 4 is 39.8 Å². The first-order valence-corrected chi connectivity index (χ1v) is 9.33. The summed E-state index contributed by atoms with van der Waals surface area (Å²) in [5.41, 5.74) is 2.53. The summed E-state index contributed by atoms with van der Waals surface area (Å²) in [6.07, 6.45) is 2.38. The second kappa shape index (κ2) is 6.47. The number of hydrogen-bond donors (Lipinski definition) is 0. The fourth-order valence-electron chi connectivity index (χ4n) is 3.16. The Morgan fingerprint density at radius 3 is 2.86 bits per heavy atom. The highest BCUT2D eigenvalue weighted by Gasteiger charge is 2.19. The minimum atomic E-state index is -0.350. The molecule has 138 valence electrons. The van der Waals surface area contributed by atoms with E-state index >= 15 is 0 Å². The molecule has 2 heterocycles. The van der Waals surface area contributed by atoms with E-state index in [4.69, 9.17) is 11.6 Å². The maximum atomic E-state index is 14.0. The van der Waals surface area contributed by atoms with Gasteiger partial charge in [0, 0.05) is 29.6 Å². The molecule has 0 radical (unpaired) electrons. The summed E-state index contributed by atoms with van der Waals surface area (Å²) >= 11 is 6.15. The Balaban J connectivity index is 1.66. The second-order valence-corrected chi connectivity index (χ2v) is 7.19. The zero-order valence-electron chi connectivity index (χ0n) is 15.0. The van der Waals surface area contributed by atoms with Gasteiger partial charge in [-0.05, 0) is 60.8 Å². The van der Waals surface area contributed by atoms with Crippen molar-refractivity contribution in [1.29, 1.82) is 0 Å². The highest BCUT2D eigenvalue weighted by molar-refractivity contribution is 6.29. The molecule has 0 saturated heterocycles. The fourth-order valence-corrected chi connectivity index (χ4v) is 3.36. The third kappa shape index (κ3) is 2.94. The molecule has 0 aliphatic heterocycles. The maximum absolute atomic E-state index is 14.0. The van der Waals surface area contributed by atoms with Crippen molar-refractivity contribution in [1.82, 2.24) is 19.6 Å². The average molecular weight is 392 g/mol. The van der Waals surface area contributed by atoms with Crippen LogP contribution in [0.2, 0.25) is 5.28 Å². The van der Waals surface area contributed by atoms with E-state index in [-0.39, 0.29) is 11.1 Å². The Bertz CT molecular complexity index is 1280. The van der Waals surface area contributed by atoms with E-state index in [9.17, 15) is 4.39 Å². The van der Waals surface area contributed by atoms with E-state index in [2.05, 4.69) is 27.0 Å². The smallest absolute Gasteiger partial charge is 0.258 e. The van der Waals surface area contributed by atoms with Gasteiger partial charge in [-0.3, -0.25) is 0 Å². The Morgan fingerprint density at radius 2 is 2.04 bits per heavy atom. The molecule has 0 atom stereocenters. The molecule has 1 aliphatic rings. The summed E-state index contributed by atoms with van der Waals surface area (Å²) in [7, 11) is 1.88. The molecule has 7 heteroatoms. The number of rotatable bonds is 2. The van der Waals surface area contributed by atoms with Crippen LogP contribution in [-0.2, 0) is 0 Å². The molecule has 0 amide bonds. The first kappa shape index (κ1) is 17.0. The van der Waals surface area contributed by atoms with Crippen LogP contribution in [0.3, 0.4) is 0 Å². The molecular formula is C21H15ClFN5. The van der Waals surface area contributed by atoms with Crippen LogP contribution in [0, 0.1) is 23.6 Å². The lowest BCUT2D eigenvalue weighted by Gasteiger charge is -2.21. The van der Waals surface area contributed by atoms with Gasteiger partial charge in [-0.15, -0.1) is 10.2 Å². The molecule has 2 aromatic carbocycles. The monoisotopic (exact) mass is 391 g/mol. The van der Waals surface area contributed by atoms with Gasteiger partial charge in [0.25, 0.3) is 5.78 Å². The summed E-state index contributed by atoms with van der Waals surface area (Å²) in [6.45, 7) is 0. The Kier molecular flexibility index (Phi) is 3.92. The van der Waals surface area contributed by atoms with E-state index in [1.807, 2.05) is 36.2 Å². The molecule has 4 aromatic rings. The molecule has 5 rings (SSSR count). The number of anilines is 2. The summed E-state index contributed by atoms with van der Waals surface area (Å²) < 4.78 is 15.6. The zero-order valence-corrected chi connectivity index (χ0v) is 15.8. The molecule has 1 fully saturated rings. The summed E-state index contributed by atoms with van der Waals surface area (Å²) in [5.74, 6) is 7.62. The van der Waals surface area contributed by atoms with Gasteiger partial charge in [0.15, 0.2) is 0 Å². The van der Waals surface area contributed by atoms with Crippen LogP contribution < -0.4 is 4.90 Å². The molecule has 2 aromatic heterocycles. The SMILES string of the molecule is CN(c1cccc(C#CC2CC2)c1)c1nc2nnc(Cl)n2c2ccc(F)cc12. The lowest BCUT2D eigenvalue weighted by Crippen LogP contribution is -2.13. The molecule has 0 bridgehead atoms. The van der Waals surface area contributed by atoms with Gasteiger partial charge in [0.2, 0.25) is 5.28 Å². The molecular weight excluding hydrogens is 377 g/mol. The fraction of sp³-hybridized carbons (Fsp3) is 0.190. The summed E-state index contributed by atoms with van der Waals surface area (Å²) in [4.78, 5) is 6.48. The van der Waals surface area contributed by atoms with Gasteiger partial charge in [0.1, 0.15) is 11.6 Å². The van der Waals surface area contributed by atoms with Crippen molar-refractivity contribution < 1.29 is 4.39 Å². The summed E-state index contributed by atoms with van der Waals surface area (Å²) in [5, 5.41) is 8.72. The van der Waals surface area contributed by atoms with Crippen molar-refractivity contribution in [2.75, 3.05) is 11.9 Å². The molecule has 1 saturated carbocycles. The number of hydrogen-bond acceptors (Lipinski definition) is 4. The topological polar surface area (TPSA) is 46.3 Å². The van der Waals surface area contributed by atoms with E-state index in [0.717, 1.165) is 11.3 Å². The Hall–Kier alpha value is -3.17. The minimum Gasteiger partial charge on any atom is -0.329 e. The van der Waals surface area contributed by atoms with Crippen molar-refractivity contribution in [3.8, 4) is 11.8 Å². The van der Waals surface area contributed by atoms with Crippen molar-refractivity contribution in [2.45, 2.75) is 12.8 Å². The first-order chi connectivity index (χ1) is 13.6. The van der Waals surface area contributed by atoms with Gasteiger partial charge in [-0.2, -0.15) is 4.98 Å². The van der Waals surface area contributed by atoms with Crippen LogP contribution in [0.4, 0.5) is 15.9 Å². The maximum Gasteiger partial charge on any atom is 0.258 e. The van der Waals surface area contributed by atoms with Crippen LogP contribution in [0.15, 0.2) is 42.5 Å². The van der Waals surface area contributed by atoms with E-state index < -0.39 is 0 Å². The highest BCUT2D eigenvalue weighted by atomic mass is 35.5. The largest absolute Gasteiger partial charge is 0.329 e. The lowest BCUT2D eigenvalue weighted by atomic mass is 10.1. The lowest BCUT2D eigenvalue weighted by molar-refractivity contribution is 0.629. The molecule has 1 aliphatic carbocycles. The minimum absolute atomic E-state index is 0.186. The predicted molar refractivity (Wildman–Crippen MR) is 107 cm³/mol. The van der Waals surface area contributed by atoms with Gasteiger partial charge in [-0.25, -0.2) is 8.79 Å². The number of benzene rings is 2. The van der Waals surface area contributed by atoms with Crippen LogP contribution in [0.1, 0.15) is 18.4 Å². The first-order valence-electron chi connectivity index (χ1n) is 8.95. The van der Waals surface area contributed by atoms with Gasteiger partial charge < -0.3 is 4.90 Å². The Labute approximate surface area is 165 Å². The van der Waals surface area contributed by atoms with Crippen LogP contribution in [-0.4, -0.2) is 26.6 Å². The van der Waals surface area contributed by atoms with Gasteiger partial charge >= 0.3 is 0 Å². The van der Waals surface area contributed by atoms with Crippen LogP contribution in [0.5, 0.6) is 0 Å². The van der Waals surface area contributed by atoms with E-state index in [0.29, 0.717) is 28.4 Å². The van der Waals surface area contributed by atoms with E-state index in [1.54, 1.807) is 10.5 Å². The van der Waals surface area contributed by atoms with Crippen LogP contribution >= 0.6 is 11.6 Å². The van der Waals surface area contributed by atoms with Crippen molar-refractivity contribution in [3.05, 3.63) is 59.1 Å². The molecule has 0 N–H and O–H groups in total.